The Hall–Kier alpha value is -0.0800. The molecule has 2 heteroatoms. The molecular formula is C16H32N2. The van der Waals surface area contributed by atoms with Crippen molar-refractivity contribution in [3.63, 3.8) is 0 Å². The first-order valence-electron chi connectivity index (χ1n) is 8.22. The second-order valence-electron chi connectivity index (χ2n) is 6.55. The van der Waals surface area contributed by atoms with Crippen LogP contribution in [0.4, 0.5) is 0 Å². The van der Waals surface area contributed by atoms with Crippen molar-refractivity contribution in [3.05, 3.63) is 0 Å². The smallest absolute Gasteiger partial charge is 0.0133 e. The van der Waals surface area contributed by atoms with Gasteiger partial charge in [0.25, 0.3) is 0 Å². The Bertz CT molecular complexity index is 223. The summed E-state index contributed by atoms with van der Waals surface area (Å²) in [6.07, 6.45) is 11.5. The molecule has 0 amide bonds. The lowest BCUT2D eigenvalue weighted by atomic mass is 9.77. The molecule has 0 aromatic carbocycles. The van der Waals surface area contributed by atoms with E-state index in [1.165, 1.54) is 71.0 Å². The fourth-order valence-corrected chi connectivity index (χ4v) is 3.75. The molecule has 2 aliphatic carbocycles. The van der Waals surface area contributed by atoms with Crippen molar-refractivity contribution in [1.29, 1.82) is 0 Å². The third kappa shape index (κ3) is 3.96. The van der Waals surface area contributed by atoms with Gasteiger partial charge in [0.1, 0.15) is 0 Å². The van der Waals surface area contributed by atoms with Crippen LogP contribution in [0.25, 0.3) is 0 Å². The van der Waals surface area contributed by atoms with Crippen LogP contribution in [-0.4, -0.2) is 37.6 Å². The Labute approximate surface area is 114 Å². The van der Waals surface area contributed by atoms with Gasteiger partial charge in [0.05, 0.1) is 0 Å². The standard InChI is InChI=1S/C16H32N2/c1-3-11-17-12-15-9-10-16(15)18(2)13-14-7-5-4-6-8-14/h14-17H,3-13H2,1-2H3. The molecule has 2 fully saturated rings. The van der Waals surface area contributed by atoms with E-state index in [2.05, 4.69) is 24.2 Å². The number of hydrogen-bond acceptors (Lipinski definition) is 2. The SMILES string of the molecule is CCCNCC1CCC1N(C)CC1CCCCC1. The van der Waals surface area contributed by atoms with Crippen LogP contribution in [0.3, 0.4) is 0 Å². The van der Waals surface area contributed by atoms with Crippen molar-refractivity contribution < 1.29 is 0 Å². The van der Waals surface area contributed by atoms with E-state index >= 15 is 0 Å². The molecule has 0 saturated heterocycles. The van der Waals surface area contributed by atoms with Gasteiger partial charge in [0.2, 0.25) is 0 Å². The highest BCUT2D eigenvalue weighted by Crippen LogP contribution is 2.33. The van der Waals surface area contributed by atoms with E-state index in [0.29, 0.717) is 0 Å². The average molecular weight is 252 g/mol. The van der Waals surface area contributed by atoms with Crippen LogP contribution < -0.4 is 5.32 Å². The van der Waals surface area contributed by atoms with Gasteiger partial charge in [0.15, 0.2) is 0 Å². The maximum absolute atomic E-state index is 3.60. The predicted molar refractivity (Wildman–Crippen MR) is 78.9 cm³/mol. The summed E-state index contributed by atoms with van der Waals surface area (Å²) < 4.78 is 0. The van der Waals surface area contributed by atoms with Crippen LogP contribution >= 0.6 is 0 Å². The molecule has 0 aromatic rings. The highest BCUT2D eigenvalue weighted by atomic mass is 15.1. The molecule has 0 spiro atoms. The minimum Gasteiger partial charge on any atom is -0.316 e. The van der Waals surface area contributed by atoms with Gasteiger partial charge in [-0.3, -0.25) is 0 Å². The van der Waals surface area contributed by atoms with Crippen LogP contribution in [0.1, 0.15) is 58.3 Å². The lowest BCUT2D eigenvalue weighted by Crippen LogP contribution is -2.50. The molecule has 0 heterocycles. The van der Waals surface area contributed by atoms with Crippen LogP contribution in [0, 0.1) is 11.8 Å². The van der Waals surface area contributed by atoms with Crippen molar-refractivity contribution in [1.82, 2.24) is 10.2 Å². The first-order chi connectivity index (χ1) is 8.81. The van der Waals surface area contributed by atoms with E-state index in [1.54, 1.807) is 0 Å². The van der Waals surface area contributed by atoms with Crippen molar-refractivity contribution in [2.24, 2.45) is 11.8 Å². The first kappa shape index (κ1) is 14.3. The quantitative estimate of drug-likeness (QED) is 0.700. The monoisotopic (exact) mass is 252 g/mol. The normalized spacial score (nSPS) is 29.5. The van der Waals surface area contributed by atoms with Crippen LogP contribution in [0.2, 0.25) is 0 Å². The zero-order valence-corrected chi connectivity index (χ0v) is 12.5. The zero-order valence-electron chi connectivity index (χ0n) is 12.5. The summed E-state index contributed by atoms with van der Waals surface area (Å²) in [4.78, 5) is 2.68. The van der Waals surface area contributed by atoms with Crippen molar-refractivity contribution in [3.8, 4) is 0 Å². The zero-order chi connectivity index (χ0) is 12.8. The maximum atomic E-state index is 3.60. The number of hydrogen-bond donors (Lipinski definition) is 1. The Morgan fingerprint density at radius 3 is 2.44 bits per heavy atom. The predicted octanol–water partition coefficient (Wildman–Crippen LogP) is 3.28. The Morgan fingerprint density at radius 1 is 1.06 bits per heavy atom. The summed E-state index contributed by atoms with van der Waals surface area (Å²) in [5.41, 5.74) is 0. The molecule has 0 aromatic heterocycles. The van der Waals surface area contributed by atoms with E-state index in [0.717, 1.165) is 17.9 Å². The highest BCUT2D eigenvalue weighted by Gasteiger charge is 2.34. The summed E-state index contributed by atoms with van der Waals surface area (Å²) in [5.74, 6) is 1.92. The summed E-state index contributed by atoms with van der Waals surface area (Å²) in [6, 6.07) is 0.872. The minimum absolute atomic E-state index is 0.872. The second kappa shape index (κ2) is 7.49. The van der Waals surface area contributed by atoms with Crippen LogP contribution in [-0.2, 0) is 0 Å². The minimum atomic E-state index is 0.872. The summed E-state index contributed by atoms with van der Waals surface area (Å²) in [7, 11) is 2.37. The molecule has 0 radical (unpaired) electrons. The summed E-state index contributed by atoms with van der Waals surface area (Å²) in [5, 5.41) is 3.60. The number of rotatable bonds is 7. The average Bonchev–Trinajstić information content (AvgIpc) is 2.34. The van der Waals surface area contributed by atoms with Crippen LogP contribution in [0.15, 0.2) is 0 Å². The molecular weight excluding hydrogens is 220 g/mol. The molecule has 2 nitrogen and oxygen atoms in total. The first-order valence-corrected chi connectivity index (χ1v) is 8.22. The van der Waals surface area contributed by atoms with Gasteiger partial charge in [0, 0.05) is 12.6 Å². The third-order valence-electron chi connectivity index (χ3n) is 5.05. The molecule has 2 aliphatic rings. The van der Waals surface area contributed by atoms with Gasteiger partial charge >= 0.3 is 0 Å². The second-order valence-corrected chi connectivity index (χ2v) is 6.55. The van der Waals surface area contributed by atoms with E-state index < -0.39 is 0 Å². The van der Waals surface area contributed by atoms with Crippen molar-refractivity contribution in [2.75, 3.05) is 26.7 Å². The Morgan fingerprint density at radius 2 is 1.83 bits per heavy atom. The topological polar surface area (TPSA) is 15.3 Å². The molecule has 2 unspecified atom stereocenters. The highest BCUT2D eigenvalue weighted by molar-refractivity contribution is 4.89. The van der Waals surface area contributed by atoms with Gasteiger partial charge in [-0.25, -0.2) is 0 Å². The van der Waals surface area contributed by atoms with Gasteiger partial charge in [-0.05, 0) is 64.1 Å². The van der Waals surface area contributed by atoms with Crippen molar-refractivity contribution in [2.45, 2.75) is 64.3 Å². The van der Waals surface area contributed by atoms with E-state index in [-0.39, 0.29) is 0 Å². The van der Waals surface area contributed by atoms with E-state index in [1.807, 2.05) is 0 Å². The molecule has 106 valence electrons. The fourth-order valence-electron chi connectivity index (χ4n) is 3.75. The maximum Gasteiger partial charge on any atom is 0.0133 e. The summed E-state index contributed by atoms with van der Waals surface area (Å²) >= 11 is 0. The van der Waals surface area contributed by atoms with Gasteiger partial charge in [-0.15, -0.1) is 0 Å². The number of nitrogens with zero attached hydrogens (tertiary/aromatic N) is 1. The largest absolute Gasteiger partial charge is 0.316 e. The van der Waals surface area contributed by atoms with E-state index in [9.17, 15) is 0 Å². The van der Waals surface area contributed by atoms with Gasteiger partial charge in [-0.2, -0.15) is 0 Å². The Balaban J connectivity index is 1.66. The molecule has 2 saturated carbocycles. The molecule has 0 aliphatic heterocycles. The molecule has 18 heavy (non-hydrogen) atoms. The van der Waals surface area contributed by atoms with E-state index in [4.69, 9.17) is 0 Å². The van der Waals surface area contributed by atoms with Gasteiger partial charge < -0.3 is 10.2 Å². The van der Waals surface area contributed by atoms with Crippen molar-refractivity contribution >= 4 is 0 Å². The lowest BCUT2D eigenvalue weighted by molar-refractivity contribution is 0.0653. The molecule has 1 N–H and O–H groups in total. The summed E-state index contributed by atoms with van der Waals surface area (Å²) in [6.45, 7) is 6.04. The van der Waals surface area contributed by atoms with Crippen LogP contribution in [0.5, 0.6) is 0 Å². The molecule has 2 atom stereocenters. The molecule has 2 rings (SSSR count). The molecule has 0 bridgehead atoms. The number of nitrogens with one attached hydrogen (secondary N) is 1. The third-order valence-corrected chi connectivity index (χ3v) is 5.05. The Kier molecular flexibility index (Phi) is 5.97. The van der Waals surface area contributed by atoms with Gasteiger partial charge in [-0.1, -0.05) is 26.2 Å². The fraction of sp³-hybridized carbons (Fsp3) is 1.00. The lowest BCUT2D eigenvalue weighted by Gasteiger charge is -2.44.